The Morgan fingerprint density at radius 2 is 1.91 bits per heavy atom. The molecule has 1 aromatic heterocycles. The van der Waals surface area contributed by atoms with Crippen LogP contribution in [0.3, 0.4) is 0 Å². The zero-order valence-electron chi connectivity index (χ0n) is 26.4. The molecular weight excluding hydrogens is 595 g/mol. The number of rotatable bonds is 10. The summed E-state index contributed by atoms with van der Waals surface area (Å²) in [4.78, 5) is 49.4. The van der Waals surface area contributed by atoms with Gasteiger partial charge in [0.05, 0.1) is 62.4 Å². The molecule has 44 heavy (non-hydrogen) atoms. The van der Waals surface area contributed by atoms with E-state index in [0.717, 1.165) is 0 Å². The maximum Gasteiger partial charge on any atom is 0.312 e. The average molecular weight is 637 g/mol. The maximum atomic E-state index is 15.4. The van der Waals surface area contributed by atoms with E-state index in [2.05, 4.69) is 5.10 Å². The summed E-state index contributed by atoms with van der Waals surface area (Å²) < 4.78 is 34.0. The van der Waals surface area contributed by atoms with E-state index in [1.807, 2.05) is 35.0 Å². The highest BCUT2D eigenvalue weighted by Crippen LogP contribution is 2.37. The normalized spacial score (nSPS) is 20.0. The lowest BCUT2D eigenvalue weighted by molar-refractivity contribution is -0.873. The monoisotopic (exact) mass is 636 g/mol. The van der Waals surface area contributed by atoms with Gasteiger partial charge in [-0.15, -0.1) is 0 Å². The standard InChI is InChI=1S/C31H41FN4O7.ClH/c1-17-28-24(13-31(3,4)14-25(28)38)35(34-17)21-10-20(29(30(33)40)23(32)11-21)8-19-9-27(41-16-19)43-26(39)12-22(42-18(2)37)15-36(5,6)7;/h10-11,19,22,27H,8-9,12-16H2,1-7H3,(H-,33,40);1H. The summed E-state index contributed by atoms with van der Waals surface area (Å²) >= 11 is 0. The molecule has 3 atom stereocenters. The van der Waals surface area contributed by atoms with E-state index in [9.17, 15) is 19.2 Å². The number of Topliss-reactive ketones (excluding diaryl/α,β-unsaturated/α-hetero) is 1. The first-order chi connectivity index (χ1) is 19.9. The van der Waals surface area contributed by atoms with Crippen molar-refractivity contribution in [1.29, 1.82) is 0 Å². The summed E-state index contributed by atoms with van der Waals surface area (Å²) in [6, 6.07) is 2.89. The topological polar surface area (TPSA) is 140 Å². The molecular formula is C31H42ClFN4O7. The first-order valence-corrected chi connectivity index (χ1v) is 14.5. The maximum absolute atomic E-state index is 15.4. The molecule has 0 saturated carbocycles. The first kappa shape index (κ1) is 35.1. The van der Waals surface area contributed by atoms with Crippen molar-refractivity contribution in [1.82, 2.24) is 9.78 Å². The smallest absolute Gasteiger partial charge is 0.312 e. The van der Waals surface area contributed by atoms with E-state index >= 15 is 4.39 Å². The zero-order valence-corrected chi connectivity index (χ0v) is 27.1. The molecule has 4 rings (SSSR count). The number of primary amides is 1. The second-order valence-corrected chi connectivity index (χ2v) is 13.6. The van der Waals surface area contributed by atoms with Crippen LogP contribution in [0.5, 0.6) is 0 Å². The molecule has 242 valence electrons. The number of hydrogen-bond donors (Lipinski definition) is 1. The second kappa shape index (κ2) is 13.3. The van der Waals surface area contributed by atoms with Gasteiger partial charge < -0.3 is 36.8 Å². The molecule has 1 aromatic carbocycles. The number of ketones is 1. The Labute approximate surface area is 263 Å². The second-order valence-electron chi connectivity index (χ2n) is 13.6. The number of aromatic nitrogens is 2. The number of fused-ring (bicyclic) bond motifs is 1. The predicted octanol–water partition coefficient (Wildman–Crippen LogP) is 0.0541. The minimum absolute atomic E-state index is 0. The minimum Gasteiger partial charge on any atom is -1.00 e. The fraction of sp³-hybridized carbons (Fsp3) is 0.581. The van der Waals surface area contributed by atoms with Crippen LogP contribution in [0.2, 0.25) is 0 Å². The van der Waals surface area contributed by atoms with E-state index in [1.54, 1.807) is 17.7 Å². The van der Waals surface area contributed by atoms with Gasteiger partial charge in [-0.25, -0.2) is 9.07 Å². The van der Waals surface area contributed by atoms with E-state index in [4.69, 9.17) is 19.9 Å². The number of aryl methyl sites for hydroxylation is 1. The number of benzene rings is 1. The highest BCUT2D eigenvalue weighted by molar-refractivity contribution is 6.00. The third kappa shape index (κ3) is 8.42. The average Bonchev–Trinajstić information content (AvgIpc) is 3.39. The van der Waals surface area contributed by atoms with Crippen molar-refractivity contribution >= 4 is 23.6 Å². The van der Waals surface area contributed by atoms with Crippen molar-refractivity contribution < 1.29 is 54.7 Å². The number of esters is 2. The van der Waals surface area contributed by atoms with Gasteiger partial charge in [0.15, 0.2) is 11.9 Å². The number of likely N-dealkylation sites (N-methyl/N-ethyl adjacent to an activating group) is 1. The number of carbonyl (C=O) groups excluding carboxylic acids is 4. The Bertz CT molecular complexity index is 1450. The van der Waals surface area contributed by atoms with Crippen LogP contribution < -0.4 is 18.1 Å². The number of carbonyl (C=O) groups is 4. The molecule has 13 heteroatoms. The van der Waals surface area contributed by atoms with E-state index in [0.29, 0.717) is 58.5 Å². The Morgan fingerprint density at radius 1 is 1.23 bits per heavy atom. The Kier molecular flexibility index (Phi) is 10.6. The van der Waals surface area contributed by atoms with Gasteiger partial charge in [0.25, 0.3) is 5.91 Å². The Morgan fingerprint density at radius 3 is 2.52 bits per heavy atom. The van der Waals surface area contributed by atoms with Crippen molar-refractivity contribution in [2.75, 3.05) is 34.3 Å². The summed E-state index contributed by atoms with van der Waals surface area (Å²) in [6.07, 6.45) is -0.0575. The molecule has 0 radical (unpaired) electrons. The van der Waals surface area contributed by atoms with Crippen molar-refractivity contribution in [3.63, 3.8) is 0 Å². The third-order valence-corrected chi connectivity index (χ3v) is 7.66. The molecule has 0 spiro atoms. The van der Waals surface area contributed by atoms with Crippen LogP contribution >= 0.6 is 0 Å². The van der Waals surface area contributed by atoms with Crippen LogP contribution in [-0.4, -0.2) is 84.6 Å². The highest BCUT2D eigenvalue weighted by atomic mass is 35.5. The molecule has 2 aliphatic rings. The van der Waals surface area contributed by atoms with Crippen LogP contribution in [0.4, 0.5) is 4.39 Å². The molecule has 1 aliphatic carbocycles. The number of hydrogen-bond acceptors (Lipinski definition) is 8. The van der Waals surface area contributed by atoms with Crippen LogP contribution in [0, 0.1) is 24.1 Å². The van der Waals surface area contributed by atoms with Crippen LogP contribution in [-0.2, 0) is 36.6 Å². The quantitative estimate of drug-likeness (QED) is 0.285. The van der Waals surface area contributed by atoms with Crippen LogP contribution in [0.25, 0.3) is 5.69 Å². The lowest BCUT2D eigenvalue weighted by atomic mass is 9.75. The molecule has 1 saturated heterocycles. The summed E-state index contributed by atoms with van der Waals surface area (Å²) in [5.41, 5.74) is 7.70. The van der Waals surface area contributed by atoms with Gasteiger partial charge in [0.2, 0.25) is 6.29 Å². The molecule has 2 N–H and O–H groups in total. The van der Waals surface area contributed by atoms with Crippen molar-refractivity contribution in [3.05, 3.63) is 46.0 Å². The number of quaternary nitrogens is 1. The number of ether oxygens (including phenoxy) is 3. The lowest BCUT2D eigenvalue weighted by Crippen LogP contribution is -3.00. The van der Waals surface area contributed by atoms with Crippen molar-refractivity contribution in [3.8, 4) is 5.69 Å². The van der Waals surface area contributed by atoms with Gasteiger partial charge in [-0.1, -0.05) is 13.8 Å². The summed E-state index contributed by atoms with van der Waals surface area (Å²) in [5.74, 6) is -2.92. The molecule has 3 unspecified atom stereocenters. The number of nitrogens with zero attached hydrogens (tertiary/aromatic N) is 3. The Balaban J connectivity index is 0.00000529. The van der Waals surface area contributed by atoms with Gasteiger partial charge >= 0.3 is 11.9 Å². The third-order valence-electron chi connectivity index (χ3n) is 7.66. The van der Waals surface area contributed by atoms with Gasteiger partial charge in [-0.2, -0.15) is 5.10 Å². The molecule has 2 heterocycles. The number of halogens is 2. The molecule has 2 aromatic rings. The first-order valence-electron chi connectivity index (χ1n) is 14.5. The molecule has 1 fully saturated rings. The fourth-order valence-electron chi connectivity index (χ4n) is 6.12. The van der Waals surface area contributed by atoms with Crippen LogP contribution in [0.1, 0.15) is 77.7 Å². The zero-order chi connectivity index (χ0) is 31.9. The Hall–Kier alpha value is -3.35. The van der Waals surface area contributed by atoms with Crippen molar-refractivity contribution in [2.24, 2.45) is 17.1 Å². The van der Waals surface area contributed by atoms with Gasteiger partial charge in [-0.05, 0) is 42.7 Å². The predicted molar refractivity (Wildman–Crippen MR) is 154 cm³/mol. The number of amides is 1. The van der Waals surface area contributed by atoms with E-state index < -0.39 is 36.1 Å². The molecule has 1 aliphatic heterocycles. The SMILES string of the molecule is CC(=O)OC(CC(=O)OC1CC(Cc2cc(-n3nc(C)c4c3CC(C)(C)CC4=O)cc(F)c2C(N)=O)CO1)C[N+](C)(C)C.[Cl-]. The summed E-state index contributed by atoms with van der Waals surface area (Å²) in [6.45, 7) is 7.70. The lowest BCUT2D eigenvalue weighted by Gasteiger charge is -2.29. The summed E-state index contributed by atoms with van der Waals surface area (Å²) in [5, 5.41) is 4.57. The van der Waals surface area contributed by atoms with Gasteiger partial charge in [-0.3, -0.25) is 19.2 Å². The van der Waals surface area contributed by atoms with Crippen LogP contribution in [0.15, 0.2) is 12.1 Å². The van der Waals surface area contributed by atoms with Crippen molar-refractivity contribution in [2.45, 2.75) is 72.2 Å². The minimum atomic E-state index is -0.898. The summed E-state index contributed by atoms with van der Waals surface area (Å²) in [7, 11) is 5.77. The molecule has 1 amide bonds. The van der Waals surface area contributed by atoms with E-state index in [-0.39, 0.29) is 54.5 Å². The fourth-order valence-corrected chi connectivity index (χ4v) is 6.12. The highest BCUT2D eigenvalue weighted by Gasteiger charge is 2.37. The van der Waals surface area contributed by atoms with Gasteiger partial charge in [0.1, 0.15) is 12.4 Å². The van der Waals surface area contributed by atoms with Gasteiger partial charge in [0, 0.05) is 25.8 Å². The van der Waals surface area contributed by atoms with E-state index in [1.165, 1.54) is 13.0 Å². The largest absolute Gasteiger partial charge is 1.00 e. The number of nitrogens with two attached hydrogens (primary N) is 1. The molecule has 0 bridgehead atoms. The molecule has 11 nitrogen and oxygen atoms in total.